The van der Waals surface area contributed by atoms with Crippen LogP contribution in [-0.4, -0.2) is 27.4 Å². The van der Waals surface area contributed by atoms with Gasteiger partial charge in [-0.3, -0.25) is 0 Å². The van der Waals surface area contributed by atoms with Crippen LogP contribution in [-0.2, 0) is 4.74 Å². The molecule has 132 valence electrons. The van der Waals surface area contributed by atoms with Crippen LogP contribution >= 0.6 is 23.2 Å². The van der Waals surface area contributed by atoms with Gasteiger partial charge in [0.05, 0.1) is 10.6 Å². The lowest BCUT2D eigenvalue weighted by Crippen LogP contribution is -2.11. The lowest BCUT2D eigenvalue weighted by Gasteiger charge is -2.12. The Bertz CT molecular complexity index is 264. The van der Waals surface area contributed by atoms with Crippen LogP contribution in [0.3, 0.4) is 0 Å². The molecule has 0 fully saturated rings. The molecule has 0 aliphatic heterocycles. The number of alkyl halides is 2. The molecule has 0 spiro atoms. The van der Waals surface area contributed by atoms with Crippen LogP contribution < -0.4 is 0 Å². The van der Waals surface area contributed by atoms with E-state index in [1.807, 2.05) is 6.92 Å². The Morgan fingerprint density at radius 2 is 1.27 bits per heavy atom. The van der Waals surface area contributed by atoms with E-state index in [9.17, 15) is 0 Å². The summed E-state index contributed by atoms with van der Waals surface area (Å²) in [7, 11) is 0.867. The third-order valence-electron chi connectivity index (χ3n) is 3.75. The monoisotopic (exact) mass is 366 g/mol. The van der Waals surface area contributed by atoms with Crippen LogP contribution in [0.4, 0.5) is 0 Å². The molecular weight excluding hydrogens is 331 g/mol. The van der Waals surface area contributed by atoms with Crippen molar-refractivity contribution in [2.24, 2.45) is 0 Å². The van der Waals surface area contributed by atoms with E-state index in [4.69, 9.17) is 27.9 Å². The zero-order chi connectivity index (χ0) is 16.7. The van der Waals surface area contributed by atoms with Gasteiger partial charge in [-0.05, 0) is 19.8 Å². The highest BCUT2D eigenvalue weighted by molar-refractivity contribution is 6.65. The fourth-order valence-electron chi connectivity index (χ4n) is 2.48. The van der Waals surface area contributed by atoms with Crippen molar-refractivity contribution in [3.63, 3.8) is 0 Å². The highest BCUT2D eigenvalue weighted by Gasteiger charge is 2.14. The molecule has 1 nitrogen and oxygen atoms in total. The van der Waals surface area contributed by atoms with Crippen molar-refractivity contribution in [2.45, 2.75) is 87.9 Å². The number of unbranched alkanes of at least 4 members (excludes halogenated alkanes) is 10. The predicted molar refractivity (Wildman–Crippen MR) is 105 cm³/mol. The second-order valence-corrected chi connectivity index (χ2v) is 11.6. The van der Waals surface area contributed by atoms with Crippen LogP contribution in [0.5, 0.6) is 0 Å². The van der Waals surface area contributed by atoms with E-state index in [0.717, 1.165) is 35.5 Å². The molecule has 0 aliphatic rings. The Morgan fingerprint density at radius 1 is 0.864 bits per heavy atom. The summed E-state index contributed by atoms with van der Waals surface area (Å²) in [5.41, 5.74) is 1.11. The molecule has 0 N–H and O–H groups in total. The molecule has 0 amide bonds. The maximum Gasteiger partial charge on any atom is 0.0972 e. The van der Waals surface area contributed by atoms with E-state index in [0.29, 0.717) is 0 Å². The topological polar surface area (TPSA) is 9.23 Å². The molecule has 0 saturated heterocycles. The largest absolute Gasteiger partial charge is 0.377 e. The minimum absolute atomic E-state index is 0.393. The number of hydrogen-bond acceptors (Lipinski definition) is 1. The minimum Gasteiger partial charge on any atom is -0.377 e. The molecule has 4 heteroatoms. The van der Waals surface area contributed by atoms with Gasteiger partial charge in [-0.15, -0.1) is 23.2 Å². The lowest BCUT2D eigenvalue weighted by atomic mass is 10.1. The first-order valence-electron chi connectivity index (χ1n) is 9.02. The summed E-state index contributed by atoms with van der Waals surface area (Å²) in [5.74, 6) is 0. The van der Waals surface area contributed by atoms with E-state index in [1.165, 1.54) is 70.6 Å². The van der Waals surface area contributed by atoms with Gasteiger partial charge in [-0.25, -0.2) is 0 Å². The third-order valence-corrected chi connectivity index (χ3v) is 4.63. The van der Waals surface area contributed by atoms with E-state index in [2.05, 4.69) is 6.58 Å². The number of ether oxygens (including phenoxy) is 1. The van der Waals surface area contributed by atoms with E-state index >= 15 is 0 Å². The van der Waals surface area contributed by atoms with Gasteiger partial charge in [0.25, 0.3) is 0 Å². The summed E-state index contributed by atoms with van der Waals surface area (Å²) in [6.07, 6.45) is 15.5. The van der Waals surface area contributed by atoms with Crippen LogP contribution in [0.15, 0.2) is 12.2 Å². The Morgan fingerprint density at radius 3 is 1.68 bits per heavy atom. The van der Waals surface area contributed by atoms with Crippen LogP contribution in [0.25, 0.3) is 0 Å². The van der Waals surface area contributed by atoms with Gasteiger partial charge >= 0.3 is 0 Å². The molecule has 0 saturated carbocycles. The summed E-state index contributed by atoms with van der Waals surface area (Å²) >= 11 is 12.0. The Labute approximate surface area is 151 Å². The average molecular weight is 367 g/mol. The Hall–Kier alpha value is 0.497. The van der Waals surface area contributed by atoms with Crippen molar-refractivity contribution in [1.82, 2.24) is 0 Å². The average Bonchev–Trinajstić information content (AvgIpc) is 2.41. The first-order valence-corrected chi connectivity index (χ1v) is 10.8. The SMILES string of the molecule is C=C(C)COCCCCCCCCCCCCCC([SiH3])(Cl)Cl. The standard InChI is InChI=1S/C18H36Cl2OSi/c1-17(2)16-21-15-13-11-9-7-5-3-4-6-8-10-12-14-18(19,20)22/h1,3-16H2,2,22H3. The van der Waals surface area contributed by atoms with Gasteiger partial charge in [-0.2, -0.15) is 0 Å². The summed E-state index contributed by atoms with van der Waals surface area (Å²) in [6, 6.07) is 0. The van der Waals surface area contributed by atoms with Gasteiger partial charge in [0.2, 0.25) is 0 Å². The van der Waals surface area contributed by atoms with Gasteiger partial charge < -0.3 is 4.74 Å². The molecule has 0 aromatic rings. The molecule has 0 heterocycles. The van der Waals surface area contributed by atoms with E-state index in [-0.39, 0.29) is 0 Å². The third kappa shape index (κ3) is 20.5. The van der Waals surface area contributed by atoms with Crippen molar-refractivity contribution in [1.29, 1.82) is 0 Å². The molecular formula is C18H36Cl2OSi. The van der Waals surface area contributed by atoms with Gasteiger partial charge in [-0.1, -0.05) is 76.4 Å². The van der Waals surface area contributed by atoms with Crippen LogP contribution in [0, 0.1) is 0 Å². The first-order chi connectivity index (χ1) is 10.4. The molecule has 0 bridgehead atoms. The summed E-state index contributed by atoms with van der Waals surface area (Å²) in [5, 5.41) is 0. The van der Waals surface area contributed by atoms with Crippen LogP contribution in [0.1, 0.15) is 84.0 Å². The number of hydrogen-bond donors (Lipinski definition) is 0. The predicted octanol–water partition coefficient (Wildman–Crippen LogP) is 5.76. The summed E-state index contributed by atoms with van der Waals surface area (Å²) in [6.45, 7) is 7.45. The summed E-state index contributed by atoms with van der Waals surface area (Å²) in [4.78, 5) is 0. The zero-order valence-corrected chi connectivity index (χ0v) is 18.3. The lowest BCUT2D eigenvalue weighted by molar-refractivity contribution is 0.151. The normalized spacial score (nSPS) is 12.0. The molecule has 0 aromatic carbocycles. The van der Waals surface area contributed by atoms with Crippen molar-refractivity contribution in [3.05, 3.63) is 12.2 Å². The Kier molecular flexibility index (Phi) is 15.4. The fraction of sp³-hybridized carbons (Fsp3) is 0.889. The van der Waals surface area contributed by atoms with E-state index in [1.54, 1.807) is 0 Å². The quantitative estimate of drug-likeness (QED) is 0.146. The highest BCUT2D eigenvalue weighted by Crippen LogP contribution is 2.23. The molecule has 0 rings (SSSR count). The summed E-state index contributed by atoms with van der Waals surface area (Å²) < 4.78 is 5.10. The Balaban J connectivity index is 3.04. The molecule has 0 aliphatic carbocycles. The van der Waals surface area contributed by atoms with Crippen molar-refractivity contribution < 1.29 is 4.74 Å². The van der Waals surface area contributed by atoms with Gasteiger partial charge in [0.1, 0.15) is 0 Å². The fourth-order valence-corrected chi connectivity index (χ4v) is 3.10. The molecule has 0 unspecified atom stereocenters. The first kappa shape index (κ1) is 22.5. The van der Waals surface area contributed by atoms with E-state index < -0.39 is 3.96 Å². The van der Waals surface area contributed by atoms with Gasteiger partial charge in [0, 0.05) is 16.8 Å². The van der Waals surface area contributed by atoms with Crippen molar-refractivity contribution in [3.8, 4) is 0 Å². The second-order valence-electron chi connectivity index (χ2n) is 6.72. The van der Waals surface area contributed by atoms with Crippen LogP contribution in [0.2, 0.25) is 0 Å². The molecule has 22 heavy (non-hydrogen) atoms. The number of halogens is 2. The maximum atomic E-state index is 6.01. The van der Waals surface area contributed by atoms with Crippen molar-refractivity contribution >= 4 is 33.4 Å². The smallest absolute Gasteiger partial charge is 0.0972 e. The highest BCUT2D eigenvalue weighted by atomic mass is 35.5. The maximum absolute atomic E-state index is 6.01. The zero-order valence-electron chi connectivity index (χ0n) is 14.8. The van der Waals surface area contributed by atoms with Gasteiger partial charge in [0.15, 0.2) is 0 Å². The number of rotatable bonds is 16. The minimum atomic E-state index is -0.393. The molecule has 0 aromatic heterocycles. The van der Waals surface area contributed by atoms with Crippen molar-refractivity contribution in [2.75, 3.05) is 13.2 Å². The molecule has 0 atom stereocenters. The second kappa shape index (κ2) is 15.0. The molecule has 0 radical (unpaired) electrons.